The maximum Gasteiger partial charge on any atom is 0.413 e. The van der Waals surface area contributed by atoms with Crippen LogP contribution in [0.1, 0.15) is 16.7 Å². The second kappa shape index (κ2) is 16.8. The number of aliphatic hydroxyl groups is 3. The van der Waals surface area contributed by atoms with Crippen molar-refractivity contribution in [2.75, 3.05) is 6.61 Å². The number of carbonyl (C=O) groups excluding carboxylic acids is 5. The average molecular weight is 693 g/mol. The van der Waals surface area contributed by atoms with Crippen molar-refractivity contribution < 1.29 is 59.0 Å². The van der Waals surface area contributed by atoms with Crippen molar-refractivity contribution in [1.29, 1.82) is 0 Å². The van der Waals surface area contributed by atoms with Gasteiger partial charge in [-0.3, -0.25) is 14.4 Å². The highest BCUT2D eigenvalue weighted by Gasteiger charge is 2.42. The number of aliphatic hydroxyl groups excluding tert-OH is 3. The molecule has 1 aliphatic heterocycles. The minimum absolute atomic E-state index is 0.000410. The molecule has 3 aromatic carbocycles. The third-order valence-corrected chi connectivity index (χ3v) is 7.59. The maximum absolute atomic E-state index is 13.8. The number of hydrogen-bond acceptors (Lipinski definition) is 12. The second-order valence-corrected chi connectivity index (χ2v) is 11.3. The zero-order valence-electron chi connectivity index (χ0n) is 26.4. The number of phenolic OH excluding ortho intramolecular Hbond substituents is 2. The number of phenols is 2. The Morgan fingerprint density at radius 3 is 1.68 bits per heavy atom. The first-order chi connectivity index (χ1) is 23.8. The lowest BCUT2D eigenvalue weighted by Crippen LogP contribution is -2.57. The zero-order valence-corrected chi connectivity index (χ0v) is 26.4. The van der Waals surface area contributed by atoms with Gasteiger partial charge in [0.1, 0.15) is 35.7 Å². The minimum atomic E-state index is -1.75. The summed E-state index contributed by atoms with van der Waals surface area (Å²) in [4.78, 5) is 64.8. The van der Waals surface area contributed by atoms with Crippen molar-refractivity contribution in [3.05, 3.63) is 107 Å². The first-order valence-corrected chi connectivity index (χ1v) is 15.3. The van der Waals surface area contributed by atoms with Gasteiger partial charge in [-0.2, -0.15) is 0 Å². The molecule has 4 rings (SSSR count). The molecule has 0 radical (unpaired) electrons. The van der Waals surface area contributed by atoms with Crippen LogP contribution in [0, 0.1) is 0 Å². The van der Waals surface area contributed by atoms with Gasteiger partial charge < -0.3 is 56.7 Å². The molecule has 0 aromatic heterocycles. The highest BCUT2D eigenvalue weighted by Crippen LogP contribution is 2.25. The molecule has 16 nitrogen and oxygen atoms in total. The summed E-state index contributed by atoms with van der Waals surface area (Å²) in [5.74, 6) is -5.87. The molecule has 1 heterocycles. The van der Waals surface area contributed by atoms with Crippen LogP contribution in [0.15, 0.2) is 90.4 Å². The number of nitrogens with two attached hydrogens (primary N) is 1. The minimum Gasteiger partial charge on any atom is -0.508 e. The lowest BCUT2D eigenvalue weighted by Gasteiger charge is -2.25. The molecule has 0 fully saturated rings. The summed E-state index contributed by atoms with van der Waals surface area (Å²) in [7, 11) is 0. The number of hydrogen-bond donors (Lipinski definition) is 9. The number of esters is 1. The fraction of sp³-hybridized carbons (Fsp3) is 0.265. The number of aromatic hydroxyl groups is 2. The fourth-order valence-electron chi connectivity index (χ4n) is 4.96. The summed E-state index contributed by atoms with van der Waals surface area (Å²) in [6, 6.07) is 16.2. The number of nitrogens with one attached hydrogen (secondary N) is 3. The van der Waals surface area contributed by atoms with E-state index in [1.165, 1.54) is 36.4 Å². The smallest absolute Gasteiger partial charge is 0.413 e. The van der Waals surface area contributed by atoms with Crippen LogP contribution in [-0.2, 0) is 47.9 Å². The fourth-order valence-corrected chi connectivity index (χ4v) is 4.96. The van der Waals surface area contributed by atoms with Crippen LogP contribution in [-0.4, -0.2) is 92.3 Å². The van der Waals surface area contributed by atoms with Crippen molar-refractivity contribution in [1.82, 2.24) is 16.0 Å². The molecule has 0 aliphatic carbocycles. The topological polar surface area (TPSA) is 267 Å². The van der Waals surface area contributed by atoms with Gasteiger partial charge in [0.05, 0.1) is 6.61 Å². The second-order valence-electron chi connectivity index (χ2n) is 11.3. The predicted molar refractivity (Wildman–Crippen MR) is 173 cm³/mol. The molecule has 3 aromatic rings. The van der Waals surface area contributed by atoms with E-state index >= 15 is 0 Å². The third kappa shape index (κ3) is 9.94. The van der Waals surface area contributed by atoms with E-state index in [0.717, 1.165) is 0 Å². The van der Waals surface area contributed by atoms with Gasteiger partial charge in [-0.15, -0.1) is 0 Å². The summed E-state index contributed by atoms with van der Waals surface area (Å²) < 4.78 is 9.81. The lowest BCUT2D eigenvalue weighted by molar-refractivity contribution is -0.147. The van der Waals surface area contributed by atoms with E-state index in [2.05, 4.69) is 16.0 Å². The van der Waals surface area contributed by atoms with E-state index in [9.17, 15) is 49.5 Å². The Balaban J connectivity index is 1.58. The van der Waals surface area contributed by atoms with Crippen LogP contribution in [0.5, 0.6) is 11.5 Å². The van der Waals surface area contributed by atoms with Crippen molar-refractivity contribution in [3.63, 3.8) is 0 Å². The van der Waals surface area contributed by atoms with Gasteiger partial charge in [-0.05, 0) is 41.0 Å². The molecule has 16 heteroatoms. The summed E-state index contributed by atoms with van der Waals surface area (Å²) in [5.41, 5.74) is 7.25. The molecular formula is C34H36N4O12. The van der Waals surface area contributed by atoms with Gasteiger partial charge in [-0.1, -0.05) is 54.6 Å². The first kappa shape index (κ1) is 36.7. The first-order valence-electron chi connectivity index (χ1n) is 15.3. The summed E-state index contributed by atoms with van der Waals surface area (Å²) in [5, 5.41) is 56.1. The summed E-state index contributed by atoms with van der Waals surface area (Å²) in [6.45, 7) is -0.915. The largest absolute Gasteiger partial charge is 0.508 e. The lowest BCUT2D eigenvalue weighted by atomic mass is 10.0. The van der Waals surface area contributed by atoms with Crippen molar-refractivity contribution >= 4 is 29.8 Å². The molecule has 10 N–H and O–H groups in total. The highest BCUT2D eigenvalue weighted by atomic mass is 16.6. The number of rotatable bonds is 15. The van der Waals surface area contributed by atoms with Crippen LogP contribution >= 0.6 is 0 Å². The monoisotopic (exact) mass is 692 g/mol. The number of amides is 4. The Labute approximate surface area is 285 Å². The van der Waals surface area contributed by atoms with Gasteiger partial charge in [0, 0.05) is 19.3 Å². The van der Waals surface area contributed by atoms with Gasteiger partial charge >= 0.3 is 12.1 Å². The summed E-state index contributed by atoms with van der Waals surface area (Å²) >= 11 is 0. The number of ether oxygens (including phenoxy) is 2. The van der Waals surface area contributed by atoms with Gasteiger partial charge in [0.15, 0.2) is 6.10 Å². The van der Waals surface area contributed by atoms with E-state index in [4.69, 9.17) is 15.2 Å². The van der Waals surface area contributed by atoms with E-state index in [1.807, 2.05) is 0 Å². The molecule has 1 aliphatic rings. The number of carbonyl (C=O) groups is 5. The third-order valence-electron chi connectivity index (χ3n) is 7.59. The average Bonchev–Trinajstić information content (AvgIpc) is 3.37. The number of primary amides is 1. The number of cyclic esters (lactones) is 1. The van der Waals surface area contributed by atoms with Crippen LogP contribution in [0.2, 0.25) is 0 Å². The molecule has 0 saturated carbocycles. The molecule has 4 amide bonds. The maximum atomic E-state index is 13.8. The Morgan fingerprint density at radius 1 is 0.720 bits per heavy atom. The van der Waals surface area contributed by atoms with Crippen molar-refractivity contribution in [2.24, 2.45) is 5.73 Å². The molecule has 2 unspecified atom stereocenters. The Hall–Kier alpha value is -6.13. The standard InChI is InChI=1S/C34H36N4O12/c35-30(44)23(14-19-6-10-21(40)11-7-19)36-31(45)24(15-18-4-2-1-3-5-18)37-32(46)25(16-20-8-12-22(41)13-9-20)38-34(48)50-29-27(43)33(47)49-28(29)26(42)17-39/h1-13,23-26,28,39-43H,14-17H2,(H2,35,44)(H,36,45)(H,37,46)(H,38,48)/t23-,24-,25-,26?,28?/m0/s1. The number of alkyl carbamates (subject to hydrolysis) is 1. The van der Waals surface area contributed by atoms with Crippen LogP contribution < -0.4 is 21.7 Å². The van der Waals surface area contributed by atoms with E-state index in [-0.39, 0.29) is 30.8 Å². The molecule has 0 spiro atoms. The molecule has 0 bridgehead atoms. The van der Waals surface area contributed by atoms with Gasteiger partial charge in [0.2, 0.25) is 29.2 Å². The normalized spacial score (nSPS) is 16.4. The number of benzene rings is 3. The van der Waals surface area contributed by atoms with Crippen molar-refractivity contribution in [2.45, 2.75) is 49.6 Å². The van der Waals surface area contributed by atoms with Gasteiger partial charge in [0.25, 0.3) is 0 Å². The van der Waals surface area contributed by atoms with E-state index < -0.39 is 78.2 Å². The van der Waals surface area contributed by atoms with Gasteiger partial charge in [-0.25, -0.2) is 9.59 Å². The molecule has 264 valence electrons. The van der Waals surface area contributed by atoms with Crippen LogP contribution in [0.25, 0.3) is 0 Å². The molecule has 50 heavy (non-hydrogen) atoms. The molecule has 5 atom stereocenters. The molecule has 0 saturated heterocycles. The Kier molecular flexibility index (Phi) is 12.3. The quantitative estimate of drug-likeness (QED) is 0.0932. The van der Waals surface area contributed by atoms with Crippen LogP contribution in [0.3, 0.4) is 0 Å². The Morgan fingerprint density at radius 2 is 1.18 bits per heavy atom. The summed E-state index contributed by atoms with van der Waals surface area (Å²) in [6.07, 6.45) is -5.13. The molecular weight excluding hydrogens is 656 g/mol. The van der Waals surface area contributed by atoms with Crippen molar-refractivity contribution in [3.8, 4) is 11.5 Å². The highest BCUT2D eigenvalue weighted by molar-refractivity contribution is 5.94. The van der Waals surface area contributed by atoms with E-state index in [0.29, 0.717) is 16.7 Å². The zero-order chi connectivity index (χ0) is 36.4. The van der Waals surface area contributed by atoms with E-state index in [1.54, 1.807) is 42.5 Å². The van der Waals surface area contributed by atoms with Crippen LogP contribution in [0.4, 0.5) is 4.79 Å². The SMILES string of the molecule is NC(=O)[C@H](Cc1ccc(O)cc1)NC(=O)[C@H](Cc1ccccc1)NC(=O)[C@H](Cc1ccc(O)cc1)NC(=O)OC1=C(O)C(=O)OC1C(O)CO. The Bertz CT molecular complexity index is 1710. The predicted octanol–water partition coefficient (Wildman–Crippen LogP) is -0.276.